The third-order valence-corrected chi connectivity index (χ3v) is 7.30. The van der Waals surface area contributed by atoms with Gasteiger partial charge in [0.15, 0.2) is 0 Å². The largest absolute Gasteiger partial charge is 0.245 e. The molecule has 0 atom stereocenters. The van der Waals surface area contributed by atoms with E-state index in [0.29, 0.717) is 0 Å². The van der Waals surface area contributed by atoms with E-state index in [4.69, 9.17) is 0 Å². The first-order chi connectivity index (χ1) is 11.7. The number of rotatable bonds is 4. The average molecular weight is 373 g/mol. The Morgan fingerprint density at radius 2 is 1.79 bits per heavy atom. The summed E-state index contributed by atoms with van der Waals surface area (Å²) in [5.74, 6) is 2.37. The number of nitriles is 1. The van der Waals surface area contributed by atoms with Crippen LogP contribution < -0.4 is 0 Å². The van der Waals surface area contributed by atoms with E-state index in [2.05, 4.69) is 48.5 Å². The molecular weight excluding hydrogens is 352 g/mol. The molecule has 2 nitrogen and oxygen atoms in total. The van der Waals surface area contributed by atoms with Crippen LogP contribution in [0.15, 0.2) is 51.1 Å². The molecule has 0 spiro atoms. The molecule has 1 fully saturated rings. The zero-order valence-corrected chi connectivity index (χ0v) is 16.4. The van der Waals surface area contributed by atoms with Gasteiger partial charge in [0.1, 0.15) is 0 Å². The van der Waals surface area contributed by atoms with Crippen LogP contribution in [-0.4, -0.2) is 28.9 Å². The molecule has 0 N–H and O–H groups in total. The van der Waals surface area contributed by atoms with Crippen molar-refractivity contribution >= 4 is 35.5 Å². The molecule has 0 unspecified atom stereocenters. The highest BCUT2D eigenvalue weighted by Gasteiger charge is 2.15. The molecule has 1 aliphatic rings. The minimum absolute atomic E-state index is 0.731. The Kier molecular flexibility index (Phi) is 6.18. The Labute approximate surface area is 157 Å². The molecule has 1 saturated heterocycles. The van der Waals surface area contributed by atoms with E-state index in [-0.39, 0.29) is 0 Å². The maximum absolute atomic E-state index is 9.25. The molecule has 1 aliphatic heterocycles. The highest BCUT2D eigenvalue weighted by molar-refractivity contribution is 8.01. The first-order valence-electron chi connectivity index (χ1n) is 7.95. The number of aryl methyl sites for hydroxylation is 2. The maximum Gasteiger partial charge on any atom is 0.0992 e. The quantitative estimate of drug-likeness (QED) is 0.671. The summed E-state index contributed by atoms with van der Waals surface area (Å²) in [6, 6.07) is 14.9. The molecule has 3 rings (SSSR count). The number of benzene rings is 2. The van der Waals surface area contributed by atoms with E-state index in [0.717, 1.165) is 18.7 Å². The predicted octanol–water partition coefficient (Wildman–Crippen LogP) is 5.38. The van der Waals surface area contributed by atoms with E-state index in [1.807, 2.05) is 23.9 Å². The fraction of sp³-hybridized carbons (Fsp3) is 0.316. The second-order valence-corrected chi connectivity index (χ2v) is 9.22. The zero-order chi connectivity index (χ0) is 16.9. The number of hydrogen-bond donors (Lipinski definition) is 0. The van der Waals surface area contributed by atoms with Gasteiger partial charge in [0.2, 0.25) is 0 Å². The molecule has 0 aliphatic carbocycles. The minimum Gasteiger partial charge on any atom is -0.245 e. The van der Waals surface area contributed by atoms with Crippen LogP contribution in [0.5, 0.6) is 0 Å². The Morgan fingerprint density at radius 1 is 1.00 bits per heavy atom. The summed E-state index contributed by atoms with van der Waals surface area (Å²) < 4.78 is 2.42. The van der Waals surface area contributed by atoms with Gasteiger partial charge in [-0.3, -0.25) is 0 Å². The summed E-state index contributed by atoms with van der Waals surface area (Å²) in [4.78, 5) is 3.70. The van der Waals surface area contributed by atoms with Gasteiger partial charge in [-0.1, -0.05) is 23.9 Å². The minimum atomic E-state index is 0.731. The van der Waals surface area contributed by atoms with Crippen LogP contribution in [-0.2, 0) is 0 Å². The van der Waals surface area contributed by atoms with E-state index in [1.165, 1.54) is 37.3 Å². The number of hydrogen-bond acceptors (Lipinski definition) is 5. The fourth-order valence-corrected chi connectivity index (χ4v) is 5.80. The fourth-order valence-electron chi connectivity index (χ4n) is 2.45. The lowest BCUT2D eigenvalue weighted by molar-refractivity contribution is 0.521. The molecule has 0 aromatic heterocycles. The van der Waals surface area contributed by atoms with E-state index >= 15 is 0 Å². The van der Waals surface area contributed by atoms with Crippen LogP contribution in [0, 0.1) is 25.2 Å². The summed E-state index contributed by atoms with van der Waals surface area (Å²) in [7, 11) is 0. The van der Waals surface area contributed by atoms with Gasteiger partial charge in [-0.2, -0.15) is 17.0 Å². The van der Waals surface area contributed by atoms with Crippen molar-refractivity contribution in [2.45, 2.75) is 28.5 Å². The van der Waals surface area contributed by atoms with E-state index < -0.39 is 0 Å². The summed E-state index contributed by atoms with van der Waals surface area (Å²) >= 11 is 5.61. The van der Waals surface area contributed by atoms with Gasteiger partial charge in [0, 0.05) is 39.3 Å². The van der Waals surface area contributed by atoms with Gasteiger partial charge in [-0.15, -0.1) is 0 Å². The van der Waals surface area contributed by atoms with E-state index in [1.54, 1.807) is 23.7 Å². The van der Waals surface area contributed by atoms with Gasteiger partial charge >= 0.3 is 0 Å². The Balaban J connectivity index is 1.88. The third kappa shape index (κ3) is 4.52. The lowest BCUT2D eigenvalue weighted by Crippen LogP contribution is -2.26. The number of thioether (sulfide) groups is 1. The molecule has 0 bridgehead atoms. The molecule has 1 heterocycles. The second-order valence-electron chi connectivity index (χ2n) is 5.78. The molecule has 5 heteroatoms. The molecule has 124 valence electrons. The van der Waals surface area contributed by atoms with Crippen LogP contribution in [0.2, 0.25) is 0 Å². The van der Waals surface area contributed by atoms with Crippen LogP contribution >= 0.6 is 35.5 Å². The summed E-state index contributed by atoms with van der Waals surface area (Å²) in [6.07, 6.45) is 0. The average Bonchev–Trinajstić information content (AvgIpc) is 2.60. The SMILES string of the molecule is Cc1ccc(C)c(Sc2ccc(C#N)cc2SN2CCSCC2)c1. The van der Waals surface area contributed by atoms with Crippen molar-refractivity contribution < 1.29 is 0 Å². The Morgan fingerprint density at radius 3 is 2.54 bits per heavy atom. The van der Waals surface area contributed by atoms with Crippen LogP contribution in [0.25, 0.3) is 0 Å². The first-order valence-corrected chi connectivity index (χ1v) is 10.7. The predicted molar refractivity (Wildman–Crippen MR) is 106 cm³/mol. The lowest BCUT2D eigenvalue weighted by Gasteiger charge is -2.25. The molecule has 0 amide bonds. The zero-order valence-electron chi connectivity index (χ0n) is 13.9. The van der Waals surface area contributed by atoms with Crippen molar-refractivity contribution in [2.24, 2.45) is 0 Å². The van der Waals surface area contributed by atoms with Crippen molar-refractivity contribution in [1.29, 1.82) is 5.26 Å². The maximum atomic E-state index is 9.25. The van der Waals surface area contributed by atoms with Crippen molar-refractivity contribution in [3.05, 3.63) is 53.1 Å². The van der Waals surface area contributed by atoms with Gasteiger partial charge in [-0.25, -0.2) is 4.31 Å². The van der Waals surface area contributed by atoms with Crippen LogP contribution in [0.3, 0.4) is 0 Å². The summed E-state index contributed by atoms with van der Waals surface area (Å²) in [6.45, 7) is 6.48. The van der Waals surface area contributed by atoms with Gasteiger partial charge in [0.25, 0.3) is 0 Å². The second kappa shape index (κ2) is 8.35. The summed E-state index contributed by atoms with van der Waals surface area (Å²) in [5.41, 5.74) is 3.30. The standard InChI is InChI=1S/C19H20N2S3/c1-14-3-4-15(2)18(11-14)23-17-6-5-16(13-20)12-19(17)24-21-7-9-22-10-8-21/h3-6,11-12H,7-10H2,1-2H3. The molecular formula is C19H20N2S3. The molecule has 0 saturated carbocycles. The van der Waals surface area contributed by atoms with Crippen LogP contribution in [0.4, 0.5) is 0 Å². The molecule has 0 radical (unpaired) electrons. The van der Waals surface area contributed by atoms with Gasteiger partial charge < -0.3 is 0 Å². The molecule has 24 heavy (non-hydrogen) atoms. The highest BCUT2D eigenvalue weighted by atomic mass is 32.2. The first kappa shape index (κ1) is 17.8. The van der Waals surface area contributed by atoms with Crippen molar-refractivity contribution in [3.8, 4) is 6.07 Å². The lowest BCUT2D eigenvalue weighted by atomic mass is 10.2. The smallest absolute Gasteiger partial charge is 0.0992 e. The molecule has 2 aromatic rings. The van der Waals surface area contributed by atoms with Crippen molar-refractivity contribution in [1.82, 2.24) is 4.31 Å². The Hall–Kier alpha value is -1.06. The normalized spacial score (nSPS) is 15.2. The van der Waals surface area contributed by atoms with Crippen molar-refractivity contribution in [3.63, 3.8) is 0 Å². The number of nitrogens with zero attached hydrogens (tertiary/aromatic N) is 2. The van der Waals surface area contributed by atoms with Gasteiger partial charge in [-0.05, 0) is 61.2 Å². The van der Waals surface area contributed by atoms with E-state index in [9.17, 15) is 5.26 Å². The Bertz CT molecular complexity index is 762. The van der Waals surface area contributed by atoms with Crippen LogP contribution in [0.1, 0.15) is 16.7 Å². The summed E-state index contributed by atoms with van der Waals surface area (Å²) in [5, 5.41) is 9.25. The topological polar surface area (TPSA) is 27.0 Å². The highest BCUT2D eigenvalue weighted by Crippen LogP contribution is 2.39. The van der Waals surface area contributed by atoms with Crippen molar-refractivity contribution in [2.75, 3.05) is 24.6 Å². The monoisotopic (exact) mass is 372 g/mol. The molecule has 2 aromatic carbocycles. The van der Waals surface area contributed by atoms with Gasteiger partial charge in [0.05, 0.1) is 11.6 Å². The third-order valence-electron chi connectivity index (χ3n) is 3.83.